The van der Waals surface area contributed by atoms with Crippen molar-refractivity contribution in [3.63, 3.8) is 0 Å². The topological polar surface area (TPSA) is 176 Å². The molecule has 1 aromatic rings. The van der Waals surface area contributed by atoms with Gasteiger partial charge in [-0.25, -0.2) is 8.42 Å². The zero-order valence-corrected chi connectivity index (χ0v) is 24.0. The average Bonchev–Trinajstić information content (AvgIpc) is 3.87. The summed E-state index contributed by atoms with van der Waals surface area (Å²) in [6, 6.07) is 1.31. The van der Waals surface area contributed by atoms with Gasteiger partial charge in [0.25, 0.3) is 0 Å². The SMILES string of the molecule is CN(C(=O)[C@H](CC1CC1)NC(=O)C(F)(F)F)[C@@H](CC1CC1)C(=O)N1C[C@]2(C[C@H]1C(N)=O)C(=O)Nc1ccccc1S2(=O)=O. The second-order valence-electron chi connectivity index (χ2n) is 11.9. The lowest BCUT2D eigenvalue weighted by molar-refractivity contribution is -0.175. The van der Waals surface area contributed by atoms with E-state index >= 15 is 0 Å². The van der Waals surface area contributed by atoms with Crippen LogP contribution in [-0.4, -0.2) is 90.4 Å². The number of likely N-dealkylation sites (tertiary alicyclic amines) is 1. The molecule has 1 aromatic carbocycles. The Bertz CT molecular complexity index is 1480. The fraction of sp³-hybridized carbons (Fsp3) is 0.593. The summed E-state index contributed by atoms with van der Waals surface area (Å²) in [5.41, 5.74) is 5.66. The van der Waals surface area contributed by atoms with Gasteiger partial charge in [0.2, 0.25) is 23.6 Å². The molecule has 0 unspecified atom stereocenters. The maximum absolute atomic E-state index is 14.1. The number of likely N-dealkylation sites (N-methyl/N-ethyl adjacent to an activating group) is 1. The van der Waals surface area contributed by atoms with Crippen molar-refractivity contribution < 1.29 is 45.6 Å². The van der Waals surface area contributed by atoms with Crippen LogP contribution in [0.25, 0.3) is 0 Å². The number of anilines is 1. The molecule has 43 heavy (non-hydrogen) atoms. The van der Waals surface area contributed by atoms with E-state index in [1.807, 2.05) is 0 Å². The van der Waals surface area contributed by atoms with Crippen LogP contribution in [0.15, 0.2) is 29.2 Å². The molecule has 2 aliphatic carbocycles. The molecule has 4 atom stereocenters. The summed E-state index contributed by atoms with van der Waals surface area (Å²) in [6.07, 6.45) is -3.02. The highest BCUT2D eigenvalue weighted by Gasteiger charge is 2.63. The van der Waals surface area contributed by atoms with Crippen LogP contribution in [0.4, 0.5) is 18.9 Å². The number of nitrogens with one attached hydrogen (secondary N) is 2. The number of halogens is 3. The predicted octanol–water partition coefficient (Wildman–Crippen LogP) is 0.712. The number of carbonyl (C=O) groups excluding carboxylic acids is 5. The van der Waals surface area contributed by atoms with Crippen LogP contribution in [-0.2, 0) is 33.8 Å². The van der Waals surface area contributed by atoms with Gasteiger partial charge in [0.05, 0.1) is 17.1 Å². The lowest BCUT2D eigenvalue weighted by Crippen LogP contribution is -2.59. The number of primary amides is 1. The summed E-state index contributed by atoms with van der Waals surface area (Å²) in [5.74, 6) is -6.14. The highest BCUT2D eigenvalue weighted by molar-refractivity contribution is 7.94. The number of nitrogens with zero attached hydrogens (tertiary/aromatic N) is 2. The van der Waals surface area contributed by atoms with E-state index in [0.29, 0.717) is 12.8 Å². The van der Waals surface area contributed by atoms with Gasteiger partial charge in [-0.3, -0.25) is 24.0 Å². The van der Waals surface area contributed by atoms with Gasteiger partial charge < -0.3 is 26.2 Å². The van der Waals surface area contributed by atoms with Gasteiger partial charge in [0, 0.05) is 13.5 Å². The Morgan fingerprint density at radius 3 is 2.30 bits per heavy atom. The van der Waals surface area contributed by atoms with Gasteiger partial charge in [-0.1, -0.05) is 37.8 Å². The van der Waals surface area contributed by atoms with Gasteiger partial charge >= 0.3 is 12.1 Å². The molecule has 12 nitrogen and oxygen atoms in total. The lowest BCUT2D eigenvalue weighted by Gasteiger charge is -2.36. The van der Waals surface area contributed by atoms with Crippen molar-refractivity contribution in [1.82, 2.24) is 15.1 Å². The number of benzene rings is 1. The van der Waals surface area contributed by atoms with Crippen LogP contribution in [0.5, 0.6) is 0 Å². The molecule has 1 spiro atoms. The molecule has 234 valence electrons. The van der Waals surface area contributed by atoms with Crippen molar-refractivity contribution in [2.75, 3.05) is 18.9 Å². The number of para-hydroxylation sites is 1. The first kappa shape index (κ1) is 30.8. The van der Waals surface area contributed by atoms with Crippen molar-refractivity contribution >= 4 is 45.1 Å². The Hall–Kier alpha value is -3.69. The molecule has 0 bridgehead atoms. The van der Waals surface area contributed by atoms with Gasteiger partial charge in [-0.2, -0.15) is 13.2 Å². The molecular weight excluding hydrogens is 595 g/mol. The summed E-state index contributed by atoms with van der Waals surface area (Å²) in [4.78, 5) is 67.0. The third-order valence-corrected chi connectivity index (χ3v) is 11.2. The zero-order valence-electron chi connectivity index (χ0n) is 23.2. The number of amides is 5. The molecule has 3 fully saturated rings. The van der Waals surface area contributed by atoms with E-state index < -0.39 is 81.4 Å². The summed E-state index contributed by atoms with van der Waals surface area (Å²) >= 11 is 0. The van der Waals surface area contributed by atoms with E-state index in [2.05, 4.69) is 5.32 Å². The minimum Gasteiger partial charge on any atom is -0.368 e. The molecule has 5 rings (SSSR count). The first-order chi connectivity index (χ1) is 20.1. The Morgan fingerprint density at radius 1 is 1.12 bits per heavy atom. The molecule has 2 saturated carbocycles. The number of alkyl halides is 3. The molecule has 16 heteroatoms. The van der Waals surface area contributed by atoms with Gasteiger partial charge in [-0.05, 0) is 36.8 Å². The largest absolute Gasteiger partial charge is 0.471 e. The highest BCUT2D eigenvalue weighted by atomic mass is 32.2. The molecule has 0 radical (unpaired) electrons. The fourth-order valence-corrected chi connectivity index (χ4v) is 7.99. The smallest absolute Gasteiger partial charge is 0.368 e. The summed E-state index contributed by atoms with van der Waals surface area (Å²) < 4.78 is 64.5. The maximum Gasteiger partial charge on any atom is 0.471 e. The van der Waals surface area contributed by atoms with Crippen LogP contribution in [0.3, 0.4) is 0 Å². The van der Waals surface area contributed by atoms with Crippen molar-refractivity contribution in [2.45, 2.75) is 78.9 Å². The molecule has 5 amide bonds. The van der Waals surface area contributed by atoms with Crippen LogP contribution >= 0.6 is 0 Å². The number of hydrogen-bond donors (Lipinski definition) is 3. The molecule has 0 aromatic heterocycles. The first-order valence-electron chi connectivity index (χ1n) is 14.0. The second-order valence-corrected chi connectivity index (χ2v) is 14.1. The van der Waals surface area contributed by atoms with E-state index in [1.54, 1.807) is 5.32 Å². The van der Waals surface area contributed by atoms with Crippen LogP contribution in [0.2, 0.25) is 0 Å². The monoisotopic (exact) mass is 627 g/mol. The Morgan fingerprint density at radius 2 is 1.72 bits per heavy atom. The van der Waals surface area contributed by atoms with Crippen molar-refractivity contribution in [3.05, 3.63) is 24.3 Å². The number of hydrogen-bond acceptors (Lipinski definition) is 7. The Kier molecular flexibility index (Phi) is 7.72. The van der Waals surface area contributed by atoms with E-state index in [1.165, 1.54) is 31.3 Å². The summed E-state index contributed by atoms with van der Waals surface area (Å²) in [7, 11) is -3.21. The van der Waals surface area contributed by atoms with Crippen molar-refractivity contribution in [1.29, 1.82) is 0 Å². The number of rotatable bonds is 9. The summed E-state index contributed by atoms with van der Waals surface area (Å²) in [6.45, 7) is -0.721. The van der Waals surface area contributed by atoms with Crippen molar-refractivity contribution in [3.8, 4) is 0 Å². The average molecular weight is 628 g/mol. The standard InChI is InChI=1S/C27H32F3N5O7S/c1-34(22(37)17(10-14-6-7-14)33-25(40)27(28,29)30)18(11-15-8-9-15)23(38)35-13-26(12-19(35)21(31)36)24(39)32-16-4-2-3-5-20(16)43(26,41)42/h2-5,14-15,17-19H,6-13H2,1H3,(H2,31,36)(H,32,39)(H,33,40)/t17-,18-,19-,26+/m0/s1. The van der Waals surface area contributed by atoms with E-state index in [-0.39, 0.29) is 35.3 Å². The molecular formula is C27H32F3N5O7S. The van der Waals surface area contributed by atoms with Crippen LogP contribution in [0.1, 0.15) is 44.9 Å². The molecule has 4 N–H and O–H groups in total. The van der Waals surface area contributed by atoms with Crippen molar-refractivity contribution in [2.24, 2.45) is 17.6 Å². The minimum atomic E-state index is -5.23. The first-order valence-corrected chi connectivity index (χ1v) is 15.4. The Labute approximate surface area is 245 Å². The zero-order chi connectivity index (χ0) is 31.5. The molecule has 1 saturated heterocycles. The van der Waals surface area contributed by atoms with E-state index in [0.717, 1.165) is 22.6 Å². The minimum absolute atomic E-state index is 0.00646. The fourth-order valence-electron chi connectivity index (χ4n) is 5.92. The van der Waals surface area contributed by atoms with E-state index in [4.69, 9.17) is 5.73 Å². The molecule has 2 heterocycles. The second kappa shape index (κ2) is 10.8. The van der Waals surface area contributed by atoms with Crippen LogP contribution in [0, 0.1) is 11.8 Å². The Balaban J connectivity index is 1.46. The third kappa shape index (κ3) is 5.68. The van der Waals surface area contributed by atoms with Gasteiger partial charge in [0.1, 0.15) is 18.1 Å². The third-order valence-electron chi connectivity index (χ3n) is 8.77. The number of carbonyl (C=O) groups is 5. The normalized spacial score (nSPS) is 25.8. The quantitative estimate of drug-likeness (QED) is 0.361. The predicted molar refractivity (Wildman–Crippen MR) is 144 cm³/mol. The maximum atomic E-state index is 14.1. The van der Waals surface area contributed by atoms with Crippen LogP contribution < -0.4 is 16.4 Å². The number of sulfone groups is 1. The van der Waals surface area contributed by atoms with Gasteiger partial charge in [0.15, 0.2) is 14.6 Å². The number of fused-ring (bicyclic) bond motifs is 1. The summed E-state index contributed by atoms with van der Waals surface area (Å²) in [5, 5.41) is 4.30. The van der Waals surface area contributed by atoms with Gasteiger partial charge in [-0.15, -0.1) is 0 Å². The van der Waals surface area contributed by atoms with E-state index in [9.17, 15) is 45.6 Å². The molecule has 2 aliphatic heterocycles. The molecule has 4 aliphatic rings. The lowest BCUT2D eigenvalue weighted by atomic mass is 10.0. The number of nitrogens with two attached hydrogens (primary N) is 1. The highest BCUT2D eigenvalue weighted by Crippen LogP contribution is 2.45.